The summed E-state index contributed by atoms with van der Waals surface area (Å²) in [6.45, 7) is 5.62. The van der Waals surface area contributed by atoms with Crippen LogP contribution in [0.2, 0.25) is 5.02 Å². The number of hydrogen-bond donors (Lipinski definition) is 0. The van der Waals surface area contributed by atoms with Crippen molar-refractivity contribution in [2.75, 3.05) is 0 Å². The second kappa shape index (κ2) is 2.96. The molecule has 3 heteroatoms. The topological polar surface area (TPSA) is 25.8 Å². The third-order valence-corrected chi connectivity index (χ3v) is 2.13. The van der Waals surface area contributed by atoms with Crippen molar-refractivity contribution in [2.45, 2.75) is 6.92 Å². The van der Waals surface area contributed by atoms with E-state index in [0.29, 0.717) is 10.8 Å². The lowest BCUT2D eigenvalue weighted by Crippen LogP contribution is -1.92. The molecule has 2 nitrogen and oxygen atoms in total. The average molecular weight is 192 g/mol. The first-order valence-electron chi connectivity index (χ1n) is 3.92. The highest BCUT2D eigenvalue weighted by atomic mass is 35.5. The van der Waals surface area contributed by atoms with E-state index in [1.54, 1.807) is 0 Å². The molecule has 2 aromatic rings. The molecule has 0 bridgehead atoms. The van der Waals surface area contributed by atoms with Crippen LogP contribution < -0.4 is 0 Å². The first-order valence-corrected chi connectivity index (χ1v) is 4.30. The second-order valence-electron chi connectivity index (χ2n) is 2.89. The van der Waals surface area contributed by atoms with Gasteiger partial charge in [0.05, 0.1) is 5.52 Å². The standard InChI is InChI=1S/C10H8ClN2/c1-6-9-5-8(11)3-4-10(9)13-7(2)12-6/h3-5H,2H2,1H3. The Balaban J connectivity index is 2.87. The van der Waals surface area contributed by atoms with Crippen LogP contribution in [0.3, 0.4) is 0 Å². The largest absolute Gasteiger partial charge is 0.238 e. The first kappa shape index (κ1) is 8.45. The Labute approximate surface area is 81.6 Å². The third-order valence-electron chi connectivity index (χ3n) is 1.89. The third kappa shape index (κ3) is 1.49. The van der Waals surface area contributed by atoms with Crippen molar-refractivity contribution >= 4 is 22.5 Å². The Hall–Kier alpha value is -1.15. The van der Waals surface area contributed by atoms with E-state index in [2.05, 4.69) is 16.9 Å². The van der Waals surface area contributed by atoms with Gasteiger partial charge in [0.15, 0.2) is 0 Å². The van der Waals surface area contributed by atoms with Gasteiger partial charge in [-0.2, -0.15) is 0 Å². The summed E-state index contributed by atoms with van der Waals surface area (Å²) in [5.41, 5.74) is 1.81. The molecular formula is C10H8ClN2. The van der Waals surface area contributed by atoms with Crippen LogP contribution in [0.1, 0.15) is 11.5 Å². The molecular weight excluding hydrogens is 184 g/mol. The number of aromatic nitrogens is 2. The van der Waals surface area contributed by atoms with Gasteiger partial charge in [0, 0.05) is 23.0 Å². The molecule has 0 aliphatic heterocycles. The lowest BCUT2D eigenvalue weighted by molar-refractivity contribution is 1.10. The normalized spacial score (nSPS) is 10.7. The molecule has 1 heterocycles. The molecule has 0 spiro atoms. The minimum absolute atomic E-state index is 0.548. The number of nitrogens with zero attached hydrogens (tertiary/aromatic N) is 2. The zero-order valence-electron chi connectivity index (χ0n) is 7.21. The fourth-order valence-corrected chi connectivity index (χ4v) is 1.49. The fourth-order valence-electron chi connectivity index (χ4n) is 1.31. The maximum Gasteiger partial charge on any atom is 0.129 e. The van der Waals surface area contributed by atoms with Crippen molar-refractivity contribution in [2.24, 2.45) is 0 Å². The Bertz CT molecular complexity index is 466. The number of fused-ring (bicyclic) bond motifs is 1. The van der Waals surface area contributed by atoms with Crippen LogP contribution in [0.5, 0.6) is 0 Å². The summed E-state index contributed by atoms with van der Waals surface area (Å²) < 4.78 is 0. The van der Waals surface area contributed by atoms with E-state index in [9.17, 15) is 0 Å². The van der Waals surface area contributed by atoms with Crippen molar-refractivity contribution in [1.29, 1.82) is 0 Å². The van der Waals surface area contributed by atoms with Gasteiger partial charge < -0.3 is 0 Å². The molecule has 1 aromatic heterocycles. The van der Waals surface area contributed by atoms with Gasteiger partial charge in [-0.05, 0) is 25.1 Å². The van der Waals surface area contributed by atoms with E-state index in [1.165, 1.54) is 0 Å². The van der Waals surface area contributed by atoms with Gasteiger partial charge in [-0.25, -0.2) is 9.97 Å². The van der Waals surface area contributed by atoms with E-state index in [0.717, 1.165) is 16.6 Å². The Morgan fingerprint density at radius 3 is 2.85 bits per heavy atom. The molecule has 0 N–H and O–H groups in total. The van der Waals surface area contributed by atoms with Gasteiger partial charge >= 0.3 is 0 Å². The molecule has 0 unspecified atom stereocenters. The predicted octanol–water partition coefficient (Wildman–Crippen LogP) is 2.77. The smallest absolute Gasteiger partial charge is 0.129 e. The van der Waals surface area contributed by atoms with E-state index in [-0.39, 0.29) is 0 Å². The maximum absolute atomic E-state index is 5.86. The first-order chi connectivity index (χ1) is 6.16. The Morgan fingerprint density at radius 2 is 2.08 bits per heavy atom. The van der Waals surface area contributed by atoms with Crippen molar-refractivity contribution in [1.82, 2.24) is 9.97 Å². The van der Waals surface area contributed by atoms with Crippen LogP contribution in [0, 0.1) is 13.8 Å². The average Bonchev–Trinajstić information content (AvgIpc) is 2.06. The number of rotatable bonds is 0. The highest BCUT2D eigenvalue weighted by Gasteiger charge is 2.01. The number of aryl methyl sites for hydroxylation is 1. The highest BCUT2D eigenvalue weighted by Crippen LogP contribution is 2.19. The van der Waals surface area contributed by atoms with E-state index >= 15 is 0 Å². The quantitative estimate of drug-likeness (QED) is 0.640. The molecule has 0 atom stereocenters. The van der Waals surface area contributed by atoms with Crippen molar-refractivity contribution in [3.8, 4) is 0 Å². The molecule has 65 valence electrons. The van der Waals surface area contributed by atoms with Crippen LogP contribution in [-0.4, -0.2) is 9.97 Å². The SMILES string of the molecule is [CH2]c1nc(C)c2cc(Cl)ccc2n1. The zero-order chi connectivity index (χ0) is 9.42. The molecule has 0 aliphatic rings. The van der Waals surface area contributed by atoms with Crippen LogP contribution in [0.4, 0.5) is 0 Å². The van der Waals surface area contributed by atoms with Gasteiger partial charge in [-0.15, -0.1) is 0 Å². The van der Waals surface area contributed by atoms with Gasteiger partial charge in [0.2, 0.25) is 0 Å². The fraction of sp³-hybridized carbons (Fsp3) is 0.100. The molecule has 0 fully saturated rings. The summed E-state index contributed by atoms with van der Waals surface area (Å²) >= 11 is 5.86. The van der Waals surface area contributed by atoms with Crippen molar-refractivity contribution in [3.63, 3.8) is 0 Å². The van der Waals surface area contributed by atoms with Crippen LogP contribution in [0.15, 0.2) is 18.2 Å². The molecule has 0 aliphatic carbocycles. The summed E-state index contributed by atoms with van der Waals surface area (Å²) in [5.74, 6) is 0.548. The van der Waals surface area contributed by atoms with Crippen LogP contribution in [-0.2, 0) is 0 Å². The summed E-state index contributed by atoms with van der Waals surface area (Å²) in [6.07, 6.45) is 0. The molecule has 0 saturated heterocycles. The Morgan fingerprint density at radius 1 is 1.31 bits per heavy atom. The minimum Gasteiger partial charge on any atom is -0.238 e. The van der Waals surface area contributed by atoms with E-state index in [4.69, 9.17) is 11.6 Å². The van der Waals surface area contributed by atoms with Crippen molar-refractivity contribution in [3.05, 3.63) is 41.7 Å². The highest BCUT2D eigenvalue weighted by molar-refractivity contribution is 6.31. The molecule has 13 heavy (non-hydrogen) atoms. The number of benzene rings is 1. The van der Waals surface area contributed by atoms with Crippen LogP contribution in [0.25, 0.3) is 10.9 Å². The lowest BCUT2D eigenvalue weighted by Gasteiger charge is -2.02. The van der Waals surface area contributed by atoms with Gasteiger partial charge in [0.25, 0.3) is 0 Å². The minimum atomic E-state index is 0.548. The summed E-state index contributed by atoms with van der Waals surface area (Å²) in [4.78, 5) is 8.36. The van der Waals surface area contributed by atoms with Crippen LogP contribution >= 0.6 is 11.6 Å². The Kier molecular flexibility index (Phi) is 1.93. The molecule has 0 amide bonds. The van der Waals surface area contributed by atoms with Gasteiger partial charge in [0.1, 0.15) is 5.82 Å². The summed E-state index contributed by atoms with van der Waals surface area (Å²) in [6, 6.07) is 5.56. The van der Waals surface area contributed by atoms with Gasteiger partial charge in [-0.3, -0.25) is 0 Å². The monoisotopic (exact) mass is 191 g/mol. The second-order valence-corrected chi connectivity index (χ2v) is 3.32. The number of halogens is 1. The molecule has 1 radical (unpaired) electrons. The van der Waals surface area contributed by atoms with E-state index in [1.807, 2.05) is 25.1 Å². The molecule has 2 rings (SSSR count). The molecule has 1 aromatic carbocycles. The van der Waals surface area contributed by atoms with Gasteiger partial charge in [-0.1, -0.05) is 11.6 Å². The lowest BCUT2D eigenvalue weighted by atomic mass is 10.2. The molecule has 0 saturated carbocycles. The predicted molar refractivity (Wildman–Crippen MR) is 53.7 cm³/mol. The zero-order valence-corrected chi connectivity index (χ0v) is 7.97. The van der Waals surface area contributed by atoms with E-state index < -0.39 is 0 Å². The maximum atomic E-state index is 5.86. The van der Waals surface area contributed by atoms with Crippen molar-refractivity contribution < 1.29 is 0 Å². The number of hydrogen-bond acceptors (Lipinski definition) is 2. The summed E-state index contributed by atoms with van der Waals surface area (Å²) in [5, 5.41) is 1.69. The summed E-state index contributed by atoms with van der Waals surface area (Å²) in [7, 11) is 0.